The number of hydrogen-bond acceptors (Lipinski definition) is 5. The highest BCUT2D eigenvalue weighted by Crippen LogP contribution is 2.37. The molecule has 5 nitrogen and oxygen atoms in total. The van der Waals surface area contributed by atoms with E-state index in [4.69, 9.17) is 16.3 Å². The smallest absolute Gasteiger partial charge is 0.343 e. The standard InChI is InChI=1S/C18H12ClN3O2/c19-18-21-15(12-8-4-5-9-20-12)14-16(22-18)13(24-17(14)23)10-11-6-2-1-3-7-11/h1-9,13H,10H2. The number of halogens is 1. The van der Waals surface area contributed by atoms with Crippen molar-refractivity contribution in [2.45, 2.75) is 12.5 Å². The molecule has 1 atom stereocenters. The van der Waals surface area contributed by atoms with Crippen LogP contribution in [-0.2, 0) is 11.2 Å². The summed E-state index contributed by atoms with van der Waals surface area (Å²) in [6.45, 7) is 0. The second kappa shape index (κ2) is 6.02. The van der Waals surface area contributed by atoms with Crippen LogP contribution in [0.4, 0.5) is 0 Å². The summed E-state index contributed by atoms with van der Waals surface area (Å²) in [5.74, 6) is -0.441. The van der Waals surface area contributed by atoms with Crippen LogP contribution in [0.3, 0.4) is 0 Å². The fourth-order valence-corrected chi connectivity index (χ4v) is 2.96. The molecule has 0 fully saturated rings. The van der Waals surface area contributed by atoms with Crippen molar-refractivity contribution >= 4 is 17.6 Å². The minimum atomic E-state index is -0.474. The monoisotopic (exact) mass is 337 g/mol. The second-order valence-corrected chi connectivity index (χ2v) is 5.74. The van der Waals surface area contributed by atoms with Crippen LogP contribution in [0.25, 0.3) is 11.4 Å². The Labute approximate surface area is 143 Å². The van der Waals surface area contributed by atoms with Crippen molar-refractivity contribution in [3.8, 4) is 11.4 Å². The molecule has 0 spiro atoms. The van der Waals surface area contributed by atoms with Gasteiger partial charge in [0, 0.05) is 12.6 Å². The predicted molar refractivity (Wildman–Crippen MR) is 88.6 cm³/mol. The van der Waals surface area contributed by atoms with Gasteiger partial charge in [-0.2, -0.15) is 0 Å². The number of hydrogen-bond donors (Lipinski definition) is 0. The zero-order valence-electron chi connectivity index (χ0n) is 12.5. The van der Waals surface area contributed by atoms with Crippen molar-refractivity contribution < 1.29 is 9.53 Å². The molecule has 2 aromatic heterocycles. The van der Waals surface area contributed by atoms with E-state index in [1.165, 1.54) is 0 Å². The Morgan fingerprint density at radius 2 is 1.83 bits per heavy atom. The molecule has 0 bridgehead atoms. The first-order valence-corrected chi connectivity index (χ1v) is 7.84. The van der Waals surface area contributed by atoms with Crippen LogP contribution in [0.15, 0.2) is 54.7 Å². The van der Waals surface area contributed by atoms with Gasteiger partial charge < -0.3 is 4.74 Å². The van der Waals surface area contributed by atoms with Gasteiger partial charge in [0.25, 0.3) is 0 Å². The predicted octanol–water partition coefficient (Wildman–Crippen LogP) is 3.65. The van der Waals surface area contributed by atoms with E-state index < -0.39 is 12.1 Å². The third-order valence-electron chi connectivity index (χ3n) is 3.84. The fourth-order valence-electron chi connectivity index (χ4n) is 2.78. The zero-order valence-corrected chi connectivity index (χ0v) is 13.3. The Bertz CT molecular complexity index is 901. The highest BCUT2D eigenvalue weighted by Gasteiger charge is 2.37. The number of aromatic nitrogens is 3. The number of benzene rings is 1. The lowest BCUT2D eigenvalue weighted by Gasteiger charge is -2.10. The minimum Gasteiger partial charge on any atom is -0.452 e. The highest BCUT2D eigenvalue weighted by molar-refractivity contribution is 6.28. The van der Waals surface area contributed by atoms with Crippen molar-refractivity contribution in [3.05, 3.63) is 76.8 Å². The molecule has 24 heavy (non-hydrogen) atoms. The maximum atomic E-state index is 12.4. The quantitative estimate of drug-likeness (QED) is 0.539. The Morgan fingerprint density at radius 3 is 2.58 bits per heavy atom. The summed E-state index contributed by atoms with van der Waals surface area (Å²) in [7, 11) is 0. The number of carbonyl (C=O) groups excluding carboxylic acids is 1. The number of ether oxygens (including phenoxy) is 1. The first-order chi connectivity index (χ1) is 11.7. The van der Waals surface area contributed by atoms with Gasteiger partial charge in [-0.05, 0) is 29.3 Å². The fraction of sp³-hybridized carbons (Fsp3) is 0.111. The number of esters is 1. The van der Waals surface area contributed by atoms with Crippen molar-refractivity contribution in [1.29, 1.82) is 0 Å². The van der Waals surface area contributed by atoms with Gasteiger partial charge in [0.05, 0.1) is 5.69 Å². The van der Waals surface area contributed by atoms with E-state index in [0.29, 0.717) is 29.1 Å². The molecule has 0 amide bonds. The van der Waals surface area contributed by atoms with Crippen LogP contribution >= 0.6 is 11.6 Å². The van der Waals surface area contributed by atoms with Crippen molar-refractivity contribution in [2.75, 3.05) is 0 Å². The summed E-state index contributed by atoms with van der Waals surface area (Å²) in [4.78, 5) is 25.1. The number of pyridine rings is 1. The van der Waals surface area contributed by atoms with E-state index in [1.807, 2.05) is 36.4 Å². The summed E-state index contributed by atoms with van der Waals surface area (Å²) < 4.78 is 5.53. The Balaban J connectivity index is 1.80. The van der Waals surface area contributed by atoms with Crippen molar-refractivity contribution in [1.82, 2.24) is 15.0 Å². The van der Waals surface area contributed by atoms with Gasteiger partial charge in [0.2, 0.25) is 5.28 Å². The molecule has 0 saturated carbocycles. The summed E-state index contributed by atoms with van der Waals surface area (Å²) in [5.41, 5.74) is 2.89. The van der Waals surface area contributed by atoms with Gasteiger partial charge in [-0.15, -0.1) is 0 Å². The maximum Gasteiger partial charge on any atom is 0.343 e. The van der Waals surface area contributed by atoms with Crippen LogP contribution in [-0.4, -0.2) is 20.9 Å². The topological polar surface area (TPSA) is 65.0 Å². The lowest BCUT2D eigenvalue weighted by molar-refractivity contribution is 0.0382. The molecule has 0 radical (unpaired) electrons. The van der Waals surface area contributed by atoms with Crippen molar-refractivity contribution in [3.63, 3.8) is 0 Å². The zero-order chi connectivity index (χ0) is 16.5. The Hall–Kier alpha value is -2.79. The van der Waals surface area contributed by atoms with Gasteiger partial charge in [0.15, 0.2) is 0 Å². The van der Waals surface area contributed by atoms with E-state index in [1.54, 1.807) is 18.3 Å². The van der Waals surface area contributed by atoms with E-state index in [2.05, 4.69) is 15.0 Å². The molecule has 3 aromatic rings. The van der Waals surface area contributed by atoms with Gasteiger partial charge in [-0.25, -0.2) is 14.8 Å². The number of fused-ring (bicyclic) bond motifs is 1. The van der Waals surface area contributed by atoms with E-state index in [-0.39, 0.29) is 5.28 Å². The first kappa shape index (κ1) is 14.8. The molecule has 118 valence electrons. The number of cyclic esters (lactones) is 1. The lowest BCUT2D eigenvalue weighted by Crippen LogP contribution is -2.05. The Morgan fingerprint density at radius 1 is 1.04 bits per heavy atom. The van der Waals surface area contributed by atoms with E-state index in [9.17, 15) is 4.79 Å². The maximum absolute atomic E-state index is 12.4. The van der Waals surface area contributed by atoms with Gasteiger partial charge in [-0.3, -0.25) is 4.98 Å². The largest absolute Gasteiger partial charge is 0.452 e. The molecule has 0 N–H and O–H groups in total. The van der Waals surface area contributed by atoms with Crippen LogP contribution in [0.5, 0.6) is 0 Å². The number of rotatable bonds is 3. The van der Waals surface area contributed by atoms with Gasteiger partial charge in [-0.1, -0.05) is 36.4 Å². The molecular formula is C18H12ClN3O2. The van der Waals surface area contributed by atoms with Gasteiger partial charge in [0.1, 0.15) is 23.1 Å². The molecule has 6 heteroatoms. The van der Waals surface area contributed by atoms with Crippen LogP contribution in [0, 0.1) is 0 Å². The molecule has 1 aliphatic heterocycles. The molecule has 1 aliphatic rings. The average molecular weight is 338 g/mol. The van der Waals surface area contributed by atoms with Gasteiger partial charge >= 0.3 is 5.97 Å². The van der Waals surface area contributed by atoms with Crippen molar-refractivity contribution in [2.24, 2.45) is 0 Å². The third kappa shape index (κ3) is 2.63. The lowest BCUT2D eigenvalue weighted by atomic mass is 10.0. The van der Waals surface area contributed by atoms with Crippen LogP contribution in [0.1, 0.15) is 27.7 Å². The molecule has 0 aliphatic carbocycles. The normalized spacial score (nSPS) is 15.9. The summed E-state index contributed by atoms with van der Waals surface area (Å²) in [6.07, 6.45) is 1.70. The minimum absolute atomic E-state index is 0.0748. The first-order valence-electron chi connectivity index (χ1n) is 7.46. The summed E-state index contributed by atoms with van der Waals surface area (Å²) in [6, 6.07) is 15.2. The molecule has 0 saturated heterocycles. The van der Waals surface area contributed by atoms with Crippen LogP contribution < -0.4 is 0 Å². The van der Waals surface area contributed by atoms with Crippen LogP contribution in [0.2, 0.25) is 5.28 Å². The highest BCUT2D eigenvalue weighted by atomic mass is 35.5. The molecular weight excluding hydrogens is 326 g/mol. The number of carbonyl (C=O) groups is 1. The SMILES string of the molecule is O=C1OC(Cc2ccccc2)c2nc(Cl)nc(-c3ccccn3)c21. The Kier molecular flexibility index (Phi) is 3.70. The third-order valence-corrected chi connectivity index (χ3v) is 4.01. The summed E-state index contributed by atoms with van der Waals surface area (Å²) in [5, 5.41) is 0.0748. The molecule has 1 aromatic carbocycles. The van der Waals surface area contributed by atoms with E-state index in [0.717, 1.165) is 5.56 Å². The second-order valence-electron chi connectivity index (χ2n) is 5.40. The van der Waals surface area contributed by atoms with E-state index >= 15 is 0 Å². The average Bonchev–Trinajstić information content (AvgIpc) is 2.91. The molecule has 1 unspecified atom stereocenters. The summed E-state index contributed by atoms with van der Waals surface area (Å²) >= 11 is 6.08. The number of nitrogens with zero attached hydrogens (tertiary/aromatic N) is 3. The molecule has 3 heterocycles. The molecule has 4 rings (SSSR count).